The van der Waals surface area contributed by atoms with Crippen LogP contribution in [0.15, 0.2) is 11.2 Å². The van der Waals surface area contributed by atoms with Crippen molar-refractivity contribution in [2.45, 2.75) is 18.4 Å². The van der Waals surface area contributed by atoms with Gasteiger partial charge < -0.3 is 15.5 Å². The molecule has 1 aromatic rings. The summed E-state index contributed by atoms with van der Waals surface area (Å²) in [6.07, 6.45) is 0.898. The number of aromatic nitrogens is 2. The zero-order valence-electron chi connectivity index (χ0n) is 9.26. The number of carbonyl (C=O) groups is 1. The third-order valence-corrected chi connectivity index (χ3v) is 3.24. The molecule has 17 heavy (non-hydrogen) atoms. The second-order valence-electron chi connectivity index (χ2n) is 3.11. The van der Waals surface area contributed by atoms with Crippen molar-refractivity contribution in [3.05, 3.63) is 12.0 Å². The lowest BCUT2D eigenvalue weighted by molar-refractivity contribution is 0.159. The molecule has 1 aromatic heterocycles. The van der Waals surface area contributed by atoms with Crippen molar-refractivity contribution in [2.24, 2.45) is 5.73 Å². The Bertz CT molecular complexity index is 481. The maximum atomic E-state index is 11.7. The van der Waals surface area contributed by atoms with Gasteiger partial charge >= 0.3 is 6.09 Å². The molecule has 8 nitrogen and oxygen atoms in total. The van der Waals surface area contributed by atoms with Crippen LogP contribution in [0.4, 0.5) is 4.79 Å². The van der Waals surface area contributed by atoms with Gasteiger partial charge in [0.25, 0.3) is 10.0 Å². The van der Waals surface area contributed by atoms with E-state index in [4.69, 9.17) is 5.73 Å². The smallest absolute Gasteiger partial charge is 0.404 e. The molecule has 96 valence electrons. The van der Waals surface area contributed by atoms with Crippen LogP contribution in [0, 0.1) is 0 Å². The fraction of sp³-hybridized carbons (Fsp3) is 0.500. The van der Waals surface area contributed by atoms with Crippen molar-refractivity contribution in [1.82, 2.24) is 14.7 Å². The molecule has 0 unspecified atom stereocenters. The van der Waals surface area contributed by atoms with Crippen molar-refractivity contribution >= 4 is 16.1 Å². The van der Waals surface area contributed by atoms with Crippen LogP contribution >= 0.6 is 0 Å². The summed E-state index contributed by atoms with van der Waals surface area (Å²) in [6.45, 7) is 1.68. The normalized spacial score (nSPS) is 11.4. The number of aryl methyl sites for hydroxylation is 1. The van der Waals surface area contributed by atoms with Crippen LogP contribution in [0.2, 0.25) is 0 Å². The number of imidazole rings is 1. The summed E-state index contributed by atoms with van der Waals surface area (Å²) in [5.41, 5.74) is 4.72. The Kier molecular flexibility index (Phi) is 4.46. The molecule has 0 aromatic carbocycles. The SMILES string of the molecule is CCc1ncc(S(=O)(=O)NCCOC(N)=O)[nH]1. The van der Waals surface area contributed by atoms with E-state index in [1.54, 1.807) is 0 Å². The highest BCUT2D eigenvalue weighted by atomic mass is 32.2. The van der Waals surface area contributed by atoms with E-state index in [2.05, 4.69) is 19.4 Å². The molecule has 0 radical (unpaired) electrons. The number of carbonyl (C=O) groups excluding carboxylic acids is 1. The highest BCUT2D eigenvalue weighted by Gasteiger charge is 2.16. The van der Waals surface area contributed by atoms with Gasteiger partial charge in [-0.25, -0.2) is 22.9 Å². The minimum absolute atomic E-state index is 0.0200. The van der Waals surface area contributed by atoms with Crippen LogP contribution in [-0.2, 0) is 21.2 Å². The van der Waals surface area contributed by atoms with Crippen molar-refractivity contribution in [3.8, 4) is 0 Å². The molecule has 0 spiro atoms. The van der Waals surface area contributed by atoms with E-state index in [-0.39, 0.29) is 18.2 Å². The lowest BCUT2D eigenvalue weighted by atomic mass is 10.5. The van der Waals surface area contributed by atoms with Gasteiger partial charge in [-0.3, -0.25) is 0 Å². The number of nitrogens with two attached hydrogens (primary N) is 1. The molecule has 0 aliphatic rings. The first-order chi connectivity index (χ1) is 7.95. The van der Waals surface area contributed by atoms with Gasteiger partial charge in [-0.15, -0.1) is 0 Å². The van der Waals surface area contributed by atoms with Gasteiger partial charge in [0, 0.05) is 13.0 Å². The van der Waals surface area contributed by atoms with E-state index in [1.807, 2.05) is 6.92 Å². The van der Waals surface area contributed by atoms with E-state index in [1.165, 1.54) is 6.20 Å². The van der Waals surface area contributed by atoms with Gasteiger partial charge in [0.1, 0.15) is 12.4 Å². The predicted molar refractivity (Wildman–Crippen MR) is 58.7 cm³/mol. The summed E-state index contributed by atoms with van der Waals surface area (Å²) >= 11 is 0. The molecular weight excluding hydrogens is 248 g/mol. The molecule has 0 aliphatic heterocycles. The fourth-order valence-corrected chi connectivity index (χ4v) is 2.02. The zero-order valence-corrected chi connectivity index (χ0v) is 10.1. The third kappa shape index (κ3) is 4.04. The van der Waals surface area contributed by atoms with Crippen LogP contribution in [0.3, 0.4) is 0 Å². The molecule has 0 saturated heterocycles. The minimum atomic E-state index is -3.65. The topological polar surface area (TPSA) is 127 Å². The number of nitrogens with one attached hydrogen (secondary N) is 2. The van der Waals surface area contributed by atoms with Gasteiger partial charge in [0.15, 0.2) is 5.03 Å². The highest BCUT2D eigenvalue weighted by Crippen LogP contribution is 2.05. The zero-order chi connectivity index (χ0) is 12.9. The van der Waals surface area contributed by atoms with Crippen molar-refractivity contribution in [2.75, 3.05) is 13.2 Å². The number of ether oxygens (including phenoxy) is 1. The standard InChI is InChI=1S/C8H14N4O4S/c1-2-6-10-5-7(12-6)17(14,15)11-3-4-16-8(9)13/h5,11H,2-4H2,1H3,(H2,9,13)(H,10,12). The van der Waals surface area contributed by atoms with E-state index < -0.39 is 16.1 Å². The number of amides is 1. The molecule has 0 bridgehead atoms. The molecule has 0 fully saturated rings. The van der Waals surface area contributed by atoms with Gasteiger partial charge in [-0.2, -0.15) is 0 Å². The molecular formula is C8H14N4O4S. The number of hydrogen-bond acceptors (Lipinski definition) is 5. The average molecular weight is 262 g/mol. The summed E-state index contributed by atoms with van der Waals surface area (Å²) in [4.78, 5) is 16.8. The monoisotopic (exact) mass is 262 g/mol. The Morgan fingerprint density at radius 3 is 2.88 bits per heavy atom. The Labute approximate surface area is 98.6 Å². The molecule has 0 aliphatic carbocycles. The molecule has 1 rings (SSSR count). The number of rotatable bonds is 6. The van der Waals surface area contributed by atoms with Crippen molar-refractivity contribution in [1.29, 1.82) is 0 Å². The second-order valence-corrected chi connectivity index (χ2v) is 4.85. The molecule has 4 N–H and O–H groups in total. The first-order valence-electron chi connectivity index (χ1n) is 4.91. The van der Waals surface area contributed by atoms with Gasteiger partial charge in [-0.1, -0.05) is 6.92 Å². The van der Waals surface area contributed by atoms with Gasteiger partial charge in [-0.05, 0) is 0 Å². The maximum Gasteiger partial charge on any atom is 0.404 e. The number of hydrogen-bond donors (Lipinski definition) is 3. The first kappa shape index (κ1) is 13.5. The van der Waals surface area contributed by atoms with E-state index in [0.717, 1.165) is 0 Å². The molecule has 0 atom stereocenters. The minimum Gasteiger partial charge on any atom is -0.448 e. The molecule has 0 saturated carbocycles. The Morgan fingerprint density at radius 1 is 1.65 bits per heavy atom. The quantitative estimate of drug-likeness (QED) is 0.587. The Morgan fingerprint density at radius 2 is 2.35 bits per heavy atom. The summed E-state index contributed by atoms with van der Waals surface area (Å²) in [5, 5.41) is -0.0200. The van der Waals surface area contributed by atoms with Gasteiger partial charge in [0.05, 0.1) is 6.20 Å². The van der Waals surface area contributed by atoms with E-state index >= 15 is 0 Å². The van der Waals surface area contributed by atoms with Gasteiger partial charge in [0.2, 0.25) is 0 Å². The van der Waals surface area contributed by atoms with Crippen LogP contribution in [0.25, 0.3) is 0 Å². The second kappa shape index (κ2) is 5.64. The summed E-state index contributed by atoms with van der Waals surface area (Å²) in [7, 11) is -3.65. The fourth-order valence-electron chi connectivity index (χ4n) is 1.06. The average Bonchev–Trinajstić information content (AvgIpc) is 2.73. The van der Waals surface area contributed by atoms with Crippen LogP contribution in [0.1, 0.15) is 12.7 Å². The summed E-state index contributed by atoms with van der Waals surface area (Å²) in [5.74, 6) is 0.582. The summed E-state index contributed by atoms with van der Waals surface area (Å²) < 4.78 is 29.9. The third-order valence-electron chi connectivity index (χ3n) is 1.87. The Hall–Kier alpha value is -1.61. The van der Waals surface area contributed by atoms with Crippen LogP contribution in [0.5, 0.6) is 0 Å². The molecule has 1 heterocycles. The van der Waals surface area contributed by atoms with Crippen LogP contribution in [-0.4, -0.2) is 37.6 Å². The van der Waals surface area contributed by atoms with Crippen LogP contribution < -0.4 is 10.5 Å². The number of nitrogens with zero attached hydrogens (tertiary/aromatic N) is 1. The number of primary amides is 1. The number of H-pyrrole nitrogens is 1. The number of sulfonamides is 1. The van der Waals surface area contributed by atoms with E-state index in [9.17, 15) is 13.2 Å². The maximum absolute atomic E-state index is 11.7. The number of aromatic amines is 1. The van der Waals surface area contributed by atoms with E-state index in [0.29, 0.717) is 12.2 Å². The Balaban J connectivity index is 2.53. The van der Waals surface area contributed by atoms with Crippen molar-refractivity contribution < 1.29 is 17.9 Å². The summed E-state index contributed by atoms with van der Waals surface area (Å²) in [6, 6.07) is 0. The molecule has 1 amide bonds. The lowest BCUT2D eigenvalue weighted by Gasteiger charge is -2.04. The lowest BCUT2D eigenvalue weighted by Crippen LogP contribution is -2.29. The highest BCUT2D eigenvalue weighted by molar-refractivity contribution is 7.89. The largest absolute Gasteiger partial charge is 0.448 e. The molecule has 9 heteroatoms. The van der Waals surface area contributed by atoms with Crippen molar-refractivity contribution in [3.63, 3.8) is 0 Å². The predicted octanol–water partition coefficient (Wildman–Crippen LogP) is -0.654. The first-order valence-corrected chi connectivity index (χ1v) is 6.40.